The van der Waals surface area contributed by atoms with Crippen LogP contribution in [0.15, 0.2) is 30.3 Å². The molecule has 0 heterocycles. The largest absolute Gasteiger partial charge is 0.466 e. The molecule has 1 rings (SSSR count). The first-order chi connectivity index (χ1) is 17.9. The van der Waals surface area contributed by atoms with E-state index in [0.29, 0.717) is 12.0 Å². The molecule has 0 aliphatic rings. The molecule has 1 aromatic rings. The standard InChI is InChI=1S/C27H42N4O7/c1-6-8-12-17-31(25(35)20(18-21(28)32)30-26(36)38-27(3,4)5)23(19-13-10-9-11-14-19)24(34)29-16-15-22(33)37-7-2/h9-11,13-14,20,23H,6-8,12,15-18H2,1-5H3,(H2,28,32)(H,29,34)(H,30,36). The highest BCUT2D eigenvalue weighted by Crippen LogP contribution is 2.24. The first kappa shape index (κ1) is 32.4. The first-order valence-corrected chi connectivity index (χ1v) is 13.0. The normalized spacial score (nSPS) is 12.6. The van der Waals surface area contributed by atoms with E-state index in [9.17, 15) is 24.0 Å². The molecule has 4 N–H and O–H groups in total. The van der Waals surface area contributed by atoms with Gasteiger partial charge in [0, 0.05) is 13.1 Å². The summed E-state index contributed by atoms with van der Waals surface area (Å²) >= 11 is 0. The van der Waals surface area contributed by atoms with Crippen LogP contribution >= 0.6 is 0 Å². The van der Waals surface area contributed by atoms with Crippen molar-refractivity contribution in [2.24, 2.45) is 5.73 Å². The minimum absolute atomic E-state index is 0.0128. The van der Waals surface area contributed by atoms with Crippen molar-refractivity contribution in [1.29, 1.82) is 0 Å². The van der Waals surface area contributed by atoms with Gasteiger partial charge in [0.15, 0.2) is 0 Å². The predicted octanol–water partition coefficient (Wildman–Crippen LogP) is 2.58. The number of alkyl carbamates (subject to hydrolysis) is 1. The quantitative estimate of drug-likeness (QED) is 0.230. The molecule has 0 fully saturated rings. The summed E-state index contributed by atoms with van der Waals surface area (Å²) in [5, 5.41) is 5.16. The summed E-state index contributed by atoms with van der Waals surface area (Å²) < 4.78 is 10.2. The molecule has 11 heteroatoms. The van der Waals surface area contributed by atoms with Gasteiger partial charge in [-0.05, 0) is 39.7 Å². The van der Waals surface area contributed by atoms with Gasteiger partial charge < -0.3 is 30.7 Å². The van der Waals surface area contributed by atoms with Crippen molar-refractivity contribution < 1.29 is 33.4 Å². The Bertz CT molecular complexity index is 931. The molecule has 0 aromatic heterocycles. The molecule has 1 aromatic carbocycles. The lowest BCUT2D eigenvalue weighted by Crippen LogP contribution is -2.54. The van der Waals surface area contributed by atoms with E-state index in [-0.39, 0.29) is 26.1 Å². The maximum Gasteiger partial charge on any atom is 0.408 e. The zero-order valence-corrected chi connectivity index (χ0v) is 23.1. The third-order valence-corrected chi connectivity index (χ3v) is 5.29. The third kappa shape index (κ3) is 12.1. The van der Waals surface area contributed by atoms with Gasteiger partial charge in [0.1, 0.15) is 17.7 Å². The molecule has 0 bridgehead atoms. The van der Waals surface area contributed by atoms with E-state index >= 15 is 0 Å². The van der Waals surface area contributed by atoms with Crippen molar-refractivity contribution in [2.45, 2.75) is 84.4 Å². The van der Waals surface area contributed by atoms with E-state index in [4.69, 9.17) is 15.2 Å². The third-order valence-electron chi connectivity index (χ3n) is 5.29. The SMILES string of the molecule is CCCCCN(C(=O)C(CC(N)=O)NC(=O)OC(C)(C)C)C(C(=O)NCCC(=O)OCC)c1ccccc1. The fourth-order valence-electron chi connectivity index (χ4n) is 3.68. The highest BCUT2D eigenvalue weighted by atomic mass is 16.6. The van der Waals surface area contributed by atoms with Crippen molar-refractivity contribution in [3.8, 4) is 0 Å². The Hall–Kier alpha value is -3.63. The number of rotatable bonds is 15. The van der Waals surface area contributed by atoms with E-state index in [1.54, 1.807) is 58.0 Å². The second-order valence-corrected chi connectivity index (χ2v) is 9.77. The summed E-state index contributed by atoms with van der Waals surface area (Å²) in [5.41, 5.74) is 5.09. The molecule has 212 valence electrons. The number of benzene rings is 1. The number of amides is 4. The lowest BCUT2D eigenvalue weighted by Gasteiger charge is -2.34. The number of esters is 1. The monoisotopic (exact) mass is 534 g/mol. The second-order valence-electron chi connectivity index (χ2n) is 9.77. The second kappa shape index (κ2) is 16.3. The van der Waals surface area contributed by atoms with Crippen LogP contribution in [0.4, 0.5) is 4.79 Å². The minimum atomic E-state index is -1.34. The Morgan fingerprint density at radius 2 is 1.68 bits per heavy atom. The molecule has 0 spiro atoms. The van der Waals surface area contributed by atoms with Gasteiger partial charge in [-0.25, -0.2) is 4.79 Å². The number of carbonyl (C=O) groups is 5. The van der Waals surface area contributed by atoms with Crippen LogP contribution in [0.5, 0.6) is 0 Å². The summed E-state index contributed by atoms with van der Waals surface area (Å²) in [6.07, 6.45) is 0.836. The Morgan fingerprint density at radius 1 is 1.03 bits per heavy atom. The molecule has 2 unspecified atom stereocenters. The van der Waals surface area contributed by atoms with Crippen molar-refractivity contribution in [1.82, 2.24) is 15.5 Å². The van der Waals surface area contributed by atoms with Gasteiger partial charge in [0.05, 0.1) is 19.4 Å². The molecule has 0 radical (unpaired) electrons. The van der Waals surface area contributed by atoms with Crippen LogP contribution in [0.3, 0.4) is 0 Å². The average molecular weight is 535 g/mol. The van der Waals surface area contributed by atoms with E-state index in [0.717, 1.165) is 12.8 Å². The van der Waals surface area contributed by atoms with Crippen LogP contribution in [0.1, 0.15) is 78.3 Å². The molecule has 2 atom stereocenters. The van der Waals surface area contributed by atoms with E-state index in [1.165, 1.54) is 4.90 Å². The summed E-state index contributed by atoms with van der Waals surface area (Å²) in [7, 11) is 0. The maximum absolute atomic E-state index is 13.9. The molecule has 0 aliphatic carbocycles. The zero-order chi connectivity index (χ0) is 28.7. The number of hydrogen-bond acceptors (Lipinski definition) is 7. The summed E-state index contributed by atoms with van der Waals surface area (Å²) in [5.74, 6) is -2.42. The van der Waals surface area contributed by atoms with Gasteiger partial charge in [0.25, 0.3) is 0 Å². The summed E-state index contributed by atoms with van der Waals surface area (Å²) in [6, 6.07) is 6.25. The summed E-state index contributed by atoms with van der Waals surface area (Å²) in [4.78, 5) is 64.7. The first-order valence-electron chi connectivity index (χ1n) is 13.0. The predicted molar refractivity (Wildman–Crippen MR) is 142 cm³/mol. The number of unbranched alkanes of at least 4 members (excludes halogenated alkanes) is 2. The van der Waals surface area contributed by atoms with Gasteiger partial charge in [-0.1, -0.05) is 50.1 Å². The van der Waals surface area contributed by atoms with Gasteiger partial charge >= 0.3 is 12.1 Å². The molecule has 4 amide bonds. The fraction of sp³-hybridized carbons (Fsp3) is 0.593. The van der Waals surface area contributed by atoms with Crippen LogP contribution < -0.4 is 16.4 Å². The van der Waals surface area contributed by atoms with Crippen molar-refractivity contribution in [2.75, 3.05) is 19.7 Å². The van der Waals surface area contributed by atoms with Crippen LogP contribution in [0.25, 0.3) is 0 Å². The minimum Gasteiger partial charge on any atom is -0.466 e. The number of nitrogens with zero attached hydrogens (tertiary/aromatic N) is 1. The maximum atomic E-state index is 13.9. The Balaban J connectivity index is 3.35. The zero-order valence-electron chi connectivity index (χ0n) is 23.1. The molecular formula is C27H42N4O7. The lowest BCUT2D eigenvalue weighted by atomic mass is 10.0. The van der Waals surface area contributed by atoms with Crippen molar-refractivity contribution >= 4 is 29.8 Å². The van der Waals surface area contributed by atoms with E-state index in [2.05, 4.69) is 10.6 Å². The highest BCUT2D eigenvalue weighted by Gasteiger charge is 2.36. The molecule has 38 heavy (non-hydrogen) atoms. The smallest absolute Gasteiger partial charge is 0.408 e. The number of nitrogens with one attached hydrogen (secondary N) is 2. The average Bonchev–Trinajstić information content (AvgIpc) is 2.82. The van der Waals surface area contributed by atoms with Gasteiger partial charge in [-0.3, -0.25) is 19.2 Å². The van der Waals surface area contributed by atoms with Crippen molar-refractivity contribution in [3.05, 3.63) is 35.9 Å². The van der Waals surface area contributed by atoms with E-state index in [1.807, 2.05) is 6.92 Å². The highest BCUT2D eigenvalue weighted by molar-refractivity contribution is 5.94. The topological polar surface area (TPSA) is 157 Å². The van der Waals surface area contributed by atoms with Crippen LogP contribution in [-0.4, -0.2) is 66.0 Å². The number of primary amides is 1. The lowest BCUT2D eigenvalue weighted by molar-refractivity contribution is -0.144. The van der Waals surface area contributed by atoms with Crippen LogP contribution in [-0.2, 0) is 28.7 Å². The molecule has 11 nitrogen and oxygen atoms in total. The van der Waals surface area contributed by atoms with Gasteiger partial charge in [0.2, 0.25) is 17.7 Å². The molecule has 0 aliphatic heterocycles. The fourth-order valence-corrected chi connectivity index (χ4v) is 3.68. The van der Waals surface area contributed by atoms with Gasteiger partial charge in [-0.15, -0.1) is 0 Å². The molecule has 0 saturated carbocycles. The Morgan fingerprint density at radius 3 is 2.24 bits per heavy atom. The van der Waals surface area contributed by atoms with Crippen LogP contribution in [0.2, 0.25) is 0 Å². The number of hydrogen-bond donors (Lipinski definition) is 3. The molecular weight excluding hydrogens is 492 g/mol. The van der Waals surface area contributed by atoms with Crippen molar-refractivity contribution in [3.63, 3.8) is 0 Å². The van der Waals surface area contributed by atoms with E-state index < -0.39 is 53.9 Å². The van der Waals surface area contributed by atoms with Gasteiger partial charge in [-0.2, -0.15) is 0 Å². The number of nitrogens with two attached hydrogens (primary N) is 1. The Kier molecular flexibility index (Phi) is 13.9. The summed E-state index contributed by atoms with van der Waals surface area (Å²) in [6.45, 7) is 9.12. The molecule has 0 saturated heterocycles. The number of carbonyl (C=O) groups excluding carboxylic acids is 5. The van der Waals surface area contributed by atoms with Crippen LogP contribution in [0, 0.1) is 0 Å². The Labute approximate surface area is 224 Å². The number of ether oxygens (including phenoxy) is 2.